The predicted molar refractivity (Wildman–Crippen MR) is 70.0 cm³/mol. The number of hydrogen-bond donors (Lipinski definition) is 1. The van der Waals surface area contributed by atoms with Crippen LogP contribution in [0.3, 0.4) is 0 Å². The van der Waals surface area contributed by atoms with Crippen LogP contribution in [-0.4, -0.2) is 42.0 Å². The maximum absolute atomic E-state index is 12.4. The SMILES string of the molecule is CC(C)N(CCCO)S(=O)(=O)c1ccnc(Cl)c1. The second-order valence-electron chi connectivity index (χ2n) is 4.10. The standard InChI is InChI=1S/C11H17ClN2O3S/c1-9(2)14(6-3-7-15)18(16,17)10-4-5-13-11(12)8-10/h4-5,8-9,15H,3,6-7H2,1-2H3. The lowest BCUT2D eigenvalue weighted by molar-refractivity contribution is 0.258. The van der Waals surface area contributed by atoms with Gasteiger partial charge in [0.05, 0.1) is 4.90 Å². The van der Waals surface area contributed by atoms with E-state index in [-0.39, 0.29) is 29.2 Å². The van der Waals surface area contributed by atoms with E-state index in [1.165, 1.54) is 22.6 Å². The van der Waals surface area contributed by atoms with E-state index in [1.54, 1.807) is 13.8 Å². The van der Waals surface area contributed by atoms with Gasteiger partial charge in [-0.2, -0.15) is 4.31 Å². The van der Waals surface area contributed by atoms with Gasteiger partial charge in [0.1, 0.15) is 5.15 Å². The number of aliphatic hydroxyl groups is 1. The molecule has 7 heteroatoms. The molecule has 0 aliphatic carbocycles. The number of aliphatic hydroxyl groups excluding tert-OH is 1. The number of aromatic nitrogens is 1. The monoisotopic (exact) mass is 292 g/mol. The van der Waals surface area contributed by atoms with Gasteiger partial charge in [0.15, 0.2) is 0 Å². The van der Waals surface area contributed by atoms with Gasteiger partial charge in [0, 0.05) is 25.4 Å². The zero-order valence-electron chi connectivity index (χ0n) is 10.4. The summed E-state index contributed by atoms with van der Waals surface area (Å²) in [4.78, 5) is 3.88. The number of pyridine rings is 1. The lowest BCUT2D eigenvalue weighted by Crippen LogP contribution is -2.38. The smallest absolute Gasteiger partial charge is 0.243 e. The van der Waals surface area contributed by atoms with Gasteiger partial charge >= 0.3 is 0 Å². The number of nitrogens with zero attached hydrogens (tertiary/aromatic N) is 2. The lowest BCUT2D eigenvalue weighted by Gasteiger charge is -2.25. The van der Waals surface area contributed by atoms with E-state index in [9.17, 15) is 8.42 Å². The summed E-state index contributed by atoms with van der Waals surface area (Å²) in [6.07, 6.45) is 1.76. The first-order chi connectivity index (χ1) is 8.39. The van der Waals surface area contributed by atoms with Crippen molar-refractivity contribution >= 4 is 21.6 Å². The van der Waals surface area contributed by atoms with E-state index in [0.717, 1.165) is 0 Å². The van der Waals surface area contributed by atoms with E-state index in [0.29, 0.717) is 6.42 Å². The van der Waals surface area contributed by atoms with Gasteiger partial charge in [0.2, 0.25) is 10.0 Å². The van der Waals surface area contributed by atoms with Crippen LogP contribution in [-0.2, 0) is 10.0 Å². The molecule has 18 heavy (non-hydrogen) atoms. The van der Waals surface area contributed by atoms with Crippen molar-refractivity contribution in [1.29, 1.82) is 0 Å². The third-order valence-electron chi connectivity index (χ3n) is 2.42. The van der Waals surface area contributed by atoms with E-state index in [4.69, 9.17) is 16.7 Å². The molecule has 0 fully saturated rings. The van der Waals surface area contributed by atoms with E-state index < -0.39 is 10.0 Å². The van der Waals surface area contributed by atoms with Crippen LogP contribution in [0.25, 0.3) is 0 Å². The Balaban J connectivity index is 3.09. The summed E-state index contributed by atoms with van der Waals surface area (Å²) in [5.41, 5.74) is 0. The molecule has 1 aromatic heterocycles. The molecule has 0 spiro atoms. The molecule has 0 aromatic carbocycles. The molecule has 1 N–H and O–H groups in total. The second kappa shape index (κ2) is 6.47. The Morgan fingerprint density at radius 1 is 1.50 bits per heavy atom. The zero-order valence-corrected chi connectivity index (χ0v) is 11.9. The van der Waals surface area contributed by atoms with Crippen LogP contribution in [0.2, 0.25) is 5.15 Å². The second-order valence-corrected chi connectivity index (χ2v) is 6.38. The van der Waals surface area contributed by atoms with Gasteiger partial charge in [-0.1, -0.05) is 11.6 Å². The van der Waals surface area contributed by atoms with Crippen LogP contribution in [0.15, 0.2) is 23.2 Å². The van der Waals surface area contributed by atoms with Crippen molar-refractivity contribution < 1.29 is 13.5 Å². The van der Waals surface area contributed by atoms with Crippen molar-refractivity contribution in [1.82, 2.24) is 9.29 Å². The van der Waals surface area contributed by atoms with Crippen LogP contribution < -0.4 is 0 Å². The normalized spacial score (nSPS) is 12.3. The summed E-state index contributed by atoms with van der Waals surface area (Å²) in [7, 11) is -3.60. The summed E-state index contributed by atoms with van der Waals surface area (Å²) < 4.78 is 26.1. The molecule has 0 amide bonds. The van der Waals surface area contributed by atoms with Gasteiger partial charge in [-0.3, -0.25) is 0 Å². The quantitative estimate of drug-likeness (QED) is 0.807. The highest BCUT2D eigenvalue weighted by Crippen LogP contribution is 2.20. The minimum atomic E-state index is -3.60. The fraction of sp³-hybridized carbons (Fsp3) is 0.545. The van der Waals surface area contributed by atoms with Gasteiger partial charge in [0.25, 0.3) is 0 Å². The molecule has 0 saturated carbocycles. The van der Waals surface area contributed by atoms with Crippen molar-refractivity contribution in [2.24, 2.45) is 0 Å². The largest absolute Gasteiger partial charge is 0.396 e. The first-order valence-corrected chi connectivity index (χ1v) is 7.45. The molecule has 0 aliphatic rings. The van der Waals surface area contributed by atoms with Crippen LogP contribution in [0.5, 0.6) is 0 Å². The average Bonchev–Trinajstić information content (AvgIpc) is 2.28. The van der Waals surface area contributed by atoms with Crippen LogP contribution in [0, 0.1) is 0 Å². The van der Waals surface area contributed by atoms with Gasteiger partial charge in [-0.15, -0.1) is 0 Å². The van der Waals surface area contributed by atoms with Crippen molar-refractivity contribution in [2.75, 3.05) is 13.2 Å². The molecule has 1 heterocycles. The van der Waals surface area contributed by atoms with Crippen molar-refractivity contribution in [3.05, 3.63) is 23.5 Å². The van der Waals surface area contributed by atoms with E-state index in [2.05, 4.69) is 4.98 Å². The Kier molecular flexibility index (Phi) is 5.52. The maximum atomic E-state index is 12.4. The number of rotatable bonds is 6. The minimum absolute atomic E-state index is 0.0458. The molecule has 0 saturated heterocycles. The van der Waals surface area contributed by atoms with Crippen molar-refractivity contribution in [3.8, 4) is 0 Å². The summed E-state index contributed by atoms with van der Waals surface area (Å²) in [6.45, 7) is 3.81. The average molecular weight is 293 g/mol. The molecular formula is C11H17ClN2O3S. The Morgan fingerprint density at radius 2 is 2.17 bits per heavy atom. The Hall–Kier alpha value is -0.690. The Labute approximate surface area is 112 Å². The van der Waals surface area contributed by atoms with Crippen molar-refractivity contribution in [2.45, 2.75) is 31.2 Å². The molecule has 0 atom stereocenters. The molecule has 0 radical (unpaired) electrons. The first-order valence-electron chi connectivity index (χ1n) is 5.64. The van der Waals surface area contributed by atoms with Crippen molar-refractivity contribution in [3.63, 3.8) is 0 Å². The van der Waals surface area contributed by atoms with Gasteiger partial charge in [-0.05, 0) is 32.4 Å². The van der Waals surface area contributed by atoms with Crippen LogP contribution >= 0.6 is 11.6 Å². The molecule has 1 rings (SSSR count). The predicted octanol–water partition coefficient (Wildman–Crippen LogP) is 1.52. The fourth-order valence-electron chi connectivity index (χ4n) is 1.56. The number of sulfonamides is 1. The number of hydrogen-bond acceptors (Lipinski definition) is 4. The summed E-state index contributed by atoms with van der Waals surface area (Å²) in [6, 6.07) is 2.55. The maximum Gasteiger partial charge on any atom is 0.243 e. The van der Waals surface area contributed by atoms with Gasteiger partial charge in [-0.25, -0.2) is 13.4 Å². The van der Waals surface area contributed by atoms with Gasteiger partial charge < -0.3 is 5.11 Å². The highest BCUT2D eigenvalue weighted by molar-refractivity contribution is 7.89. The molecule has 5 nitrogen and oxygen atoms in total. The van der Waals surface area contributed by atoms with Crippen LogP contribution in [0.1, 0.15) is 20.3 Å². The zero-order chi connectivity index (χ0) is 13.8. The summed E-state index contributed by atoms with van der Waals surface area (Å²) in [5, 5.41) is 8.97. The molecular weight excluding hydrogens is 276 g/mol. The summed E-state index contributed by atoms with van der Waals surface area (Å²) >= 11 is 5.71. The molecule has 0 unspecified atom stereocenters. The summed E-state index contributed by atoms with van der Waals surface area (Å²) in [5.74, 6) is 0. The minimum Gasteiger partial charge on any atom is -0.396 e. The third-order valence-corrected chi connectivity index (χ3v) is 4.70. The highest BCUT2D eigenvalue weighted by Gasteiger charge is 2.26. The Bertz CT molecular complexity index is 491. The fourth-order valence-corrected chi connectivity index (χ4v) is 3.49. The Morgan fingerprint density at radius 3 is 2.67 bits per heavy atom. The molecule has 102 valence electrons. The highest BCUT2D eigenvalue weighted by atomic mass is 35.5. The topological polar surface area (TPSA) is 70.5 Å². The van der Waals surface area contributed by atoms with E-state index >= 15 is 0 Å². The van der Waals surface area contributed by atoms with Crippen LogP contribution in [0.4, 0.5) is 0 Å². The molecule has 0 aliphatic heterocycles. The van der Waals surface area contributed by atoms with E-state index in [1.807, 2.05) is 0 Å². The molecule has 0 bridgehead atoms. The number of halogens is 1. The first kappa shape index (κ1) is 15.4. The lowest BCUT2D eigenvalue weighted by atomic mass is 10.3. The molecule has 1 aromatic rings. The third kappa shape index (κ3) is 3.65.